The van der Waals surface area contributed by atoms with Gasteiger partial charge in [0.15, 0.2) is 0 Å². The van der Waals surface area contributed by atoms with Gasteiger partial charge in [0.05, 0.1) is 0 Å². The number of thiophene rings is 1. The molecule has 0 atom stereocenters. The standard InChI is InChI=1S/C13H21NOS/c1-11-4-7-16-12(11)8-14(2)9-13(10-15)5-3-6-13/h4,7,15H,3,5-6,8-10H2,1-2H3. The van der Waals surface area contributed by atoms with E-state index in [2.05, 4.69) is 30.3 Å². The van der Waals surface area contributed by atoms with Gasteiger partial charge in [0, 0.05) is 30.0 Å². The Kier molecular flexibility index (Phi) is 3.67. The van der Waals surface area contributed by atoms with E-state index in [0.29, 0.717) is 6.61 Å². The maximum atomic E-state index is 9.44. The molecule has 0 spiro atoms. The molecule has 16 heavy (non-hydrogen) atoms. The molecule has 0 amide bonds. The summed E-state index contributed by atoms with van der Waals surface area (Å²) in [4.78, 5) is 3.81. The van der Waals surface area contributed by atoms with Crippen molar-refractivity contribution in [2.24, 2.45) is 5.41 Å². The largest absolute Gasteiger partial charge is 0.396 e. The van der Waals surface area contributed by atoms with Gasteiger partial charge in [0.1, 0.15) is 0 Å². The summed E-state index contributed by atoms with van der Waals surface area (Å²) in [6.45, 7) is 4.57. The third-order valence-corrected chi connectivity index (χ3v) is 4.74. The van der Waals surface area contributed by atoms with Crippen molar-refractivity contribution in [3.63, 3.8) is 0 Å². The van der Waals surface area contributed by atoms with Crippen molar-refractivity contribution in [2.45, 2.75) is 32.7 Å². The lowest BCUT2D eigenvalue weighted by Crippen LogP contribution is -2.43. The second-order valence-corrected chi connectivity index (χ2v) is 6.21. The van der Waals surface area contributed by atoms with E-state index in [4.69, 9.17) is 0 Å². The van der Waals surface area contributed by atoms with Crippen LogP contribution >= 0.6 is 11.3 Å². The Morgan fingerprint density at radius 3 is 2.69 bits per heavy atom. The second kappa shape index (κ2) is 4.86. The van der Waals surface area contributed by atoms with Crippen LogP contribution in [0.4, 0.5) is 0 Å². The minimum absolute atomic E-state index is 0.208. The molecule has 1 aliphatic carbocycles. The first-order chi connectivity index (χ1) is 7.65. The van der Waals surface area contributed by atoms with Crippen LogP contribution in [0.1, 0.15) is 29.7 Å². The zero-order chi connectivity index (χ0) is 11.6. The summed E-state index contributed by atoms with van der Waals surface area (Å²) in [6.07, 6.45) is 3.67. The zero-order valence-electron chi connectivity index (χ0n) is 10.2. The zero-order valence-corrected chi connectivity index (χ0v) is 11.0. The summed E-state index contributed by atoms with van der Waals surface area (Å²) in [5.74, 6) is 0. The van der Waals surface area contributed by atoms with Gasteiger partial charge < -0.3 is 10.0 Å². The van der Waals surface area contributed by atoms with Crippen molar-refractivity contribution >= 4 is 11.3 Å². The number of aryl methyl sites for hydroxylation is 1. The van der Waals surface area contributed by atoms with E-state index in [9.17, 15) is 5.11 Å². The van der Waals surface area contributed by atoms with Gasteiger partial charge >= 0.3 is 0 Å². The van der Waals surface area contributed by atoms with E-state index >= 15 is 0 Å². The molecule has 1 fully saturated rings. The Bertz CT molecular complexity index is 338. The van der Waals surface area contributed by atoms with Gasteiger partial charge in [-0.1, -0.05) is 6.42 Å². The van der Waals surface area contributed by atoms with Crippen LogP contribution < -0.4 is 0 Å². The van der Waals surface area contributed by atoms with Crippen LogP contribution in [-0.2, 0) is 6.54 Å². The van der Waals surface area contributed by atoms with Crippen LogP contribution in [0.5, 0.6) is 0 Å². The number of aliphatic hydroxyl groups excluding tert-OH is 1. The summed E-state index contributed by atoms with van der Waals surface area (Å²) < 4.78 is 0. The van der Waals surface area contributed by atoms with Gasteiger partial charge in [0.25, 0.3) is 0 Å². The Hall–Kier alpha value is -0.380. The van der Waals surface area contributed by atoms with E-state index in [0.717, 1.165) is 13.1 Å². The van der Waals surface area contributed by atoms with E-state index in [1.54, 1.807) is 0 Å². The summed E-state index contributed by atoms with van der Waals surface area (Å²) in [5.41, 5.74) is 1.60. The van der Waals surface area contributed by atoms with Crippen LogP contribution in [0.25, 0.3) is 0 Å². The molecular weight excluding hydrogens is 218 g/mol. The lowest BCUT2D eigenvalue weighted by Gasteiger charge is -2.43. The molecule has 0 saturated heterocycles. The Labute approximate surface area is 102 Å². The summed E-state index contributed by atoms with van der Waals surface area (Å²) >= 11 is 1.83. The van der Waals surface area contributed by atoms with E-state index in [1.165, 1.54) is 29.7 Å². The fourth-order valence-corrected chi connectivity index (χ4v) is 3.47. The smallest absolute Gasteiger partial charge is 0.0499 e. The van der Waals surface area contributed by atoms with E-state index in [-0.39, 0.29) is 5.41 Å². The normalized spacial score (nSPS) is 18.8. The highest BCUT2D eigenvalue weighted by molar-refractivity contribution is 7.10. The van der Waals surface area contributed by atoms with Crippen LogP contribution in [-0.4, -0.2) is 30.2 Å². The Balaban J connectivity index is 1.89. The lowest BCUT2D eigenvalue weighted by atomic mass is 9.69. The second-order valence-electron chi connectivity index (χ2n) is 5.21. The third-order valence-electron chi connectivity index (χ3n) is 3.74. The van der Waals surface area contributed by atoms with Crippen molar-refractivity contribution in [3.05, 3.63) is 21.9 Å². The molecule has 2 nitrogen and oxygen atoms in total. The number of nitrogens with zero attached hydrogens (tertiary/aromatic N) is 1. The fraction of sp³-hybridized carbons (Fsp3) is 0.692. The highest BCUT2D eigenvalue weighted by Crippen LogP contribution is 2.41. The lowest BCUT2D eigenvalue weighted by molar-refractivity contribution is 0.0129. The van der Waals surface area contributed by atoms with Crippen LogP contribution in [0.3, 0.4) is 0 Å². The summed E-state index contributed by atoms with van der Waals surface area (Å²) in [5, 5.41) is 11.6. The number of rotatable bonds is 5. The molecule has 0 aliphatic heterocycles. The molecule has 2 rings (SSSR count). The molecule has 0 radical (unpaired) electrons. The van der Waals surface area contributed by atoms with Crippen LogP contribution in [0.2, 0.25) is 0 Å². The van der Waals surface area contributed by atoms with Gasteiger partial charge in [-0.05, 0) is 43.8 Å². The van der Waals surface area contributed by atoms with Crippen molar-refractivity contribution in [1.82, 2.24) is 4.90 Å². The van der Waals surface area contributed by atoms with Crippen LogP contribution in [0, 0.1) is 12.3 Å². The fourth-order valence-electron chi connectivity index (χ4n) is 2.48. The predicted molar refractivity (Wildman–Crippen MR) is 68.8 cm³/mol. The number of aliphatic hydroxyl groups is 1. The average Bonchev–Trinajstić information content (AvgIpc) is 2.58. The molecule has 1 saturated carbocycles. The van der Waals surface area contributed by atoms with Crippen molar-refractivity contribution in [2.75, 3.05) is 20.2 Å². The number of hydrogen-bond donors (Lipinski definition) is 1. The van der Waals surface area contributed by atoms with Crippen molar-refractivity contribution < 1.29 is 5.11 Å². The van der Waals surface area contributed by atoms with Crippen molar-refractivity contribution in [1.29, 1.82) is 0 Å². The third kappa shape index (κ3) is 2.47. The molecule has 1 aromatic rings. The van der Waals surface area contributed by atoms with E-state index < -0.39 is 0 Å². The topological polar surface area (TPSA) is 23.5 Å². The first kappa shape index (κ1) is 12.1. The minimum atomic E-state index is 0.208. The Morgan fingerprint density at radius 1 is 1.50 bits per heavy atom. The maximum absolute atomic E-state index is 9.44. The monoisotopic (exact) mass is 239 g/mol. The molecular formula is C13H21NOS. The highest BCUT2D eigenvalue weighted by atomic mass is 32.1. The van der Waals surface area contributed by atoms with E-state index in [1.807, 2.05) is 11.3 Å². The van der Waals surface area contributed by atoms with Gasteiger partial charge in [-0.3, -0.25) is 0 Å². The molecule has 1 N–H and O–H groups in total. The minimum Gasteiger partial charge on any atom is -0.396 e. The molecule has 0 aromatic carbocycles. The maximum Gasteiger partial charge on any atom is 0.0499 e. The molecule has 90 valence electrons. The SMILES string of the molecule is Cc1ccsc1CN(C)CC1(CO)CCC1. The highest BCUT2D eigenvalue weighted by Gasteiger charge is 2.37. The first-order valence-corrected chi connectivity index (χ1v) is 6.86. The van der Waals surface area contributed by atoms with Crippen molar-refractivity contribution in [3.8, 4) is 0 Å². The molecule has 1 heterocycles. The molecule has 0 bridgehead atoms. The van der Waals surface area contributed by atoms with Gasteiger partial charge in [-0.2, -0.15) is 0 Å². The molecule has 1 aliphatic rings. The quantitative estimate of drug-likeness (QED) is 0.854. The average molecular weight is 239 g/mol. The number of hydrogen-bond acceptors (Lipinski definition) is 3. The predicted octanol–water partition coefficient (Wildman–Crippen LogP) is 2.65. The van der Waals surface area contributed by atoms with Gasteiger partial charge in [-0.25, -0.2) is 0 Å². The van der Waals surface area contributed by atoms with Crippen LogP contribution in [0.15, 0.2) is 11.4 Å². The Morgan fingerprint density at radius 2 is 2.25 bits per heavy atom. The summed E-state index contributed by atoms with van der Waals surface area (Å²) in [7, 11) is 2.16. The molecule has 3 heteroatoms. The molecule has 1 aromatic heterocycles. The summed E-state index contributed by atoms with van der Waals surface area (Å²) in [6, 6.07) is 2.18. The van der Waals surface area contributed by atoms with Gasteiger partial charge in [0.2, 0.25) is 0 Å². The molecule has 0 unspecified atom stereocenters. The first-order valence-electron chi connectivity index (χ1n) is 5.98. The van der Waals surface area contributed by atoms with Gasteiger partial charge in [-0.15, -0.1) is 11.3 Å².